The van der Waals surface area contributed by atoms with Crippen LogP contribution in [0.4, 0.5) is 5.13 Å². The second-order valence-electron chi connectivity index (χ2n) is 7.04. The van der Waals surface area contributed by atoms with E-state index >= 15 is 0 Å². The Kier molecular flexibility index (Phi) is 5.94. The number of sulfonamides is 1. The van der Waals surface area contributed by atoms with E-state index in [4.69, 9.17) is 0 Å². The van der Waals surface area contributed by atoms with Gasteiger partial charge in [0.1, 0.15) is 5.69 Å². The van der Waals surface area contributed by atoms with E-state index in [0.29, 0.717) is 28.7 Å². The van der Waals surface area contributed by atoms with Crippen LogP contribution in [-0.2, 0) is 29.4 Å². The zero-order chi connectivity index (χ0) is 21.1. The molecule has 1 N–H and O–H groups in total. The van der Waals surface area contributed by atoms with Crippen LogP contribution in [-0.4, -0.2) is 35.1 Å². The molecule has 0 fully saturated rings. The lowest BCUT2D eigenvalue weighted by atomic mass is 10.1. The van der Waals surface area contributed by atoms with E-state index in [-0.39, 0.29) is 12.5 Å². The van der Waals surface area contributed by atoms with E-state index in [1.807, 2.05) is 12.1 Å². The number of rotatable bonds is 6. The molecule has 1 aliphatic heterocycles. The SMILES string of the molecule is CCCc1ccc(S(=O)(=O)N2CCc3nc(NC(=O)c4ccccn4)sc3C2)cc1. The number of aromatic nitrogens is 2. The third-order valence-corrected chi connectivity index (χ3v) is 7.77. The fraction of sp³-hybridized carbons (Fsp3) is 0.286. The molecule has 1 amide bonds. The highest BCUT2D eigenvalue weighted by molar-refractivity contribution is 7.89. The van der Waals surface area contributed by atoms with Gasteiger partial charge in [0, 0.05) is 24.0 Å². The van der Waals surface area contributed by atoms with Crippen LogP contribution in [0.15, 0.2) is 53.6 Å². The van der Waals surface area contributed by atoms with Crippen molar-refractivity contribution in [2.45, 2.75) is 37.6 Å². The largest absolute Gasteiger partial charge is 0.296 e. The molecule has 0 radical (unpaired) electrons. The van der Waals surface area contributed by atoms with Crippen LogP contribution in [0, 0.1) is 0 Å². The summed E-state index contributed by atoms with van der Waals surface area (Å²) >= 11 is 1.31. The fourth-order valence-corrected chi connectivity index (χ4v) is 5.86. The van der Waals surface area contributed by atoms with Gasteiger partial charge in [-0.15, -0.1) is 11.3 Å². The van der Waals surface area contributed by atoms with Gasteiger partial charge in [-0.2, -0.15) is 4.31 Å². The van der Waals surface area contributed by atoms with Crippen molar-refractivity contribution in [2.75, 3.05) is 11.9 Å². The average molecular weight is 443 g/mol. The predicted molar refractivity (Wildman–Crippen MR) is 116 cm³/mol. The number of hydrogen-bond donors (Lipinski definition) is 1. The van der Waals surface area contributed by atoms with Gasteiger partial charge in [-0.25, -0.2) is 13.4 Å². The van der Waals surface area contributed by atoms with Crippen molar-refractivity contribution in [1.29, 1.82) is 0 Å². The standard InChI is InChI=1S/C21H22N4O3S2/c1-2-5-15-7-9-16(10-8-15)30(27,28)25-13-11-17-19(14-25)29-21(23-17)24-20(26)18-6-3-4-12-22-18/h3-4,6-10,12H,2,5,11,13-14H2,1H3,(H,23,24,26). The average Bonchev–Trinajstić information content (AvgIpc) is 3.16. The Bertz CT molecular complexity index is 1140. The minimum Gasteiger partial charge on any atom is -0.296 e. The number of thiazole rings is 1. The number of nitrogens with one attached hydrogen (secondary N) is 1. The third kappa shape index (κ3) is 4.28. The van der Waals surface area contributed by atoms with Gasteiger partial charge in [0.05, 0.1) is 17.1 Å². The summed E-state index contributed by atoms with van der Waals surface area (Å²) in [5.41, 5.74) is 2.27. The third-order valence-electron chi connectivity index (χ3n) is 4.91. The topological polar surface area (TPSA) is 92.3 Å². The number of anilines is 1. The molecule has 0 unspecified atom stereocenters. The number of pyridine rings is 1. The fourth-order valence-electron chi connectivity index (χ4n) is 3.35. The first-order valence-corrected chi connectivity index (χ1v) is 12.0. The molecular formula is C21H22N4O3S2. The molecule has 156 valence electrons. The highest BCUT2D eigenvalue weighted by atomic mass is 32.2. The molecule has 7 nitrogen and oxygen atoms in total. The lowest BCUT2D eigenvalue weighted by Gasteiger charge is -2.25. The normalized spacial score (nSPS) is 14.3. The summed E-state index contributed by atoms with van der Waals surface area (Å²) in [5, 5.41) is 3.21. The summed E-state index contributed by atoms with van der Waals surface area (Å²) in [6.45, 7) is 2.72. The zero-order valence-corrected chi connectivity index (χ0v) is 18.2. The number of fused-ring (bicyclic) bond motifs is 1. The van der Waals surface area contributed by atoms with Crippen LogP contribution in [0.2, 0.25) is 0 Å². The molecule has 0 aliphatic carbocycles. The minimum atomic E-state index is -3.58. The summed E-state index contributed by atoms with van der Waals surface area (Å²) in [5.74, 6) is -0.335. The molecule has 3 heterocycles. The lowest BCUT2D eigenvalue weighted by molar-refractivity contribution is 0.102. The Morgan fingerprint density at radius 1 is 1.20 bits per heavy atom. The molecule has 0 saturated heterocycles. The van der Waals surface area contributed by atoms with Crippen molar-refractivity contribution in [3.8, 4) is 0 Å². The van der Waals surface area contributed by atoms with Gasteiger partial charge in [-0.3, -0.25) is 15.1 Å². The maximum atomic E-state index is 13.1. The number of carbonyl (C=O) groups excluding carboxylic acids is 1. The van der Waals surface area contributed by atoms with E-state index < -0.39 is 10.0 Å². The number of amides is 1. The Hall–Kier alpha value is -2.62. The maximum Gasteiger partial charge on any atom is 0.276 e. The second-order valence-corrected chi connectivity index (χ2v) is 10.1. The Morgan fingerprint density at radius 3 is 2.70 bits per heavy atom. The van der Waals surface area contributed by atoms with Gasteiger partial charge in [0.2, 0.25) is 10.0 Å². The second kappa shape index (κ2) is 8.63. The number of carbonyl (C=O) groups is 1. The molecule has 3 aromatic rings. The molecule has 4 rings (SSSR count). The van der Waals surface area contributed by atoms with Gasteiger partial charge < -0.3 is 0 Å². The van der Waals surface area contributed by atoms with Gasteiger partial charge in [-0.1, -0.05) is 31.5 Å². The quantitative estimate of drug-likeness (QED) is 0.631. The van der Waals surface area contributed by atoms with E-state index in [1.54, 1.807) is 36.5 Å². The van der Waals surface area contributed by atoms with Crippen molar-refractivity contribution >= 4 is 32.4 Å². The van der Waals surface area contributed by atoms with Gasteiger partial charge in [-0.05, 0) is 36.2 Å². The van der Waals surface area contributed by atoms with Crippen molar-refractivity contribution in [3.63, 3.8) is 0 Å². The molecule has 0 bridgehead atoms. The number of benzene rings is 1. The molecule has 9 heteroatoms. The Labute approximate surface area is 179 Å². The summed E-state index contributed by atoms with van der Waals surface area (Å²) in [4.78, 5) is 22.0. The highest BCUT2D eigenvalue weighted by Crippen LogP contribution is 2.31. The van der Waals surface area contributed by atoms with Crippen molar-refractivity contribution in [3.05, 3.63) is 70.5 Å². The lowest BCUT2D eigenvalue weighted by Crippen LogP contribution is -2.35. The monoisotopic (exact) mass is 442 g/mol. The summed E-state index contributed by atoms with van der Waals surface area (Å²) < 4.78 is 27.6. The summed E-state index contributed by atoms with van der Waals surface area (Å²) in [6, 6.07) is 12.2. The molecule has 0 saturated carbocycles. The van der Waals surface area contributed by atoms with Crippen LogP contribution in [0.1, 0.15) is 40.0 Å². The number of hydrogen-bond acceptors (Lipinski definition) is 6. The first-order chi connectivity index (χ1) is 14.5. The van der Waals surface area contributed by atoms with Crippen molar-refractivity contribution < 1.29 is 13.2 Å². The Balaban J connectivity index is 1.48. The van der Waals surface area contributed by atoms with E-state index in [9.17, 15) is 13.2 Å². The van der Waals surface area contributed by atoms with Gasteiger partial charge in [0.25, 0.3) is 5.91 Å². The van der Waals surface area contributed by atoms with E-state index in [1.165, 1.54) is 15.6 Å². The molecule has 0 spiro atoms. The number of nitrogens with zero attached hydrogens (tertiary/aromatic N) is 3. The van der Waals surface area contributed by atoms with Crippen LogP contribution in [0.25, 0.3) is 0 Å². The van der Waals surface area contributed by atoms with Crippen molar-refractivity contribution in [2.24, 2.45) is 0 Å². The molecular weight excluding hydrogens is 420 g/mol. The van der Waals surface area contributed by atoms with E-state index in [2.05, 4.69) is 22.2 Å². The van der Waals surface area contributed by atoms with Crippen LogP contribution < -0.4 is 5.32 Å². The van der Waals surface area contributed by atoms with Crippen molar-refractivity contribution in [1.82, 2.24) is 14.3 Å². The van der Waals surface area contributed by atoms with Crippen LogP contribution in [0.3, 0.4) is 0 Å². The molecule has 1 aliphatic rings. The summed E-state index contributed by atoms with van der Waals surface area (Å²) in [7, 11) is -3.58. The van der Waals surface area contributed by atoms with Crippen LogP contribution in [0.5, 0.6) is 0 Å². The predicted octanol–water partition coefficient (Wildman–Crippen LogP) is 3.49. The summed E-state index contributed by atoms with van der Waals surface area (Å²) in [6.07, 6.45) is 4.02. The zero-order valence-electron chi connectivity index (χ0n) is 16.5. The highest BCUT2D eigenvalue weighted by Gasteiger charge is 2.30. The van der Waals surface area contributed by atoms with Gasteiger partial charge >= 0.3 is 0 Å². The first-order valence-electron chi connectivity index (χ1n) is 9.77. The molecule has 1 aromatic carbocycles. The van der Waals surface area contributed by atoms with Gasteiger partial charge in [0.15, 0.2) is 5.13 Å². The number of aryl methyl sites for hydroxylation is 1. The van der Waals surface area contributed by atoms with Crippen LogP contribution >= 0.6 is 11.3 Å². The smallest absolute Gasteiger partial charge is 0.276 e. The molecule has 30 heavy (non-hydrogen) atoms. The minimum absolute atomic E-state index is 0.255. The molecule has 0 atom stereocenters. The first kappa shape index (κ1) is 20.6. The van der Waals surface area contributed by atoms with E-state index in [0.717, 1.165) is 29.0 Å². The maximum absolute atomic E-state index is 13.1. The Morgan fingerprint density at radius 2 is 2.00 bits per heavy atom. The molecule has 2 aromatic heterocycles.